The third-order valence-electron chi connectivity index (χ3n) is 2.45. The van der Waals surface area contributed by atoms with Gasteiger partial charge >= 0.3 is 0 Å². The Morgan fingerprint density at radius 3 is 2.33 bits per heavy atom. The van der Waals surface area contributed by atoms with E-state index in [1.54, 1.807) is 0 Å². The van der Waals surface area contributed by atoms with E-state index in [-0.39, 0.29) is 15.7 Å². The third kappa shape index (κ3) is 3.00. The molecule has 0 bridgehead atoms. The van der Waals surface area contributed by atoms with Gasteiger partial charge in [-0.3, -0.25) is 0 Å². The molecule has 15 heavy (non-hydrogen) atoms. The maximum Gasteiger partial charge on any atom is 0.181 e. The van der Waals surface area contributed by atoms with Crippen molar-refractivity contribution in [1.82, 2.24) is 0 Å². The van der Waals surface area contributed by atoms with Gasteiger partial charge in [0.2, 0.25) is 0 Å². The average Bonchev–Trinajstić information content (AvgIpc) is 2.26. The Bertz CT molecular complexity index is 327. The summed E-state index contributed by atoms with van der Waals surface area (Å²) in [7, 11) is 1.52. The van der Waals surface area contributed by atoms with Crippen molar-refractivity contribution in [3.05, 3.63) is 46.6 Å². The van der Waals surface area contributed by atoms with Crippen LogP contribution >= 0.6 is 0 Å². The summed E-state index contributed by atoms with van der Waals surface area (Å²) >= 11 is 0. The van der Waals surface area contributed by atoms with Gasteiger partial charge in [-0.2, -0.15) is 5.17 Å². The summed E-state index contributed by atoms with van der Waals surface area (Å²) in [5.41, 5.74) is 1.52. The van der Waals surface area contributed by atoms with Crippen LogP contribution in [0.3, 0.4) is 0 Å². The molecule has 0 amide bonds. The summed E-state index contributed by atoms with van der Waals surface area (Å²) < 4.78 is 0. The molecular formula is C11H19N3O. The fraction of sp³-hybridized carbons (Fsp3) is 0.455. The molecule has 0 spiro atoms. The highest BCUT2D eigenvalue weighted by Gasteiger charge is 2.17. The first kappa shape index (κ1) is 12.1. The molecule has 84 valence electrons. The number of rotatable bonds is 2. The minimum atomic E-state index is -0.189. The molecule has 0 saturated carbocycles. The lowest BCUT2D eigenvalue weighted by Crippen LogP contribution is -3.53. The minimum absolute atomic E-state index is 0.0285. The monoisotopic (exact) mass is 209 g/mol. The van der Waals surface area contributed by atoms with Gasteiger partial charge in [0, 0.05) is 17.1 Å². The molecule has 2 atom stereocenters. The first-order valence-electron chi connectivity index (χ1n) is 5.03. The van der Waals surface area contributed by atoms with Crippen LogP contribution in [0.25, 0.3) is 5.84 Å². The molecule has 0 radical (unpaired) electrons. The van der Waals surface area contributed by atoms with E-state index >= 15 is 0 Å². The zero-order valence-electron chi connectivity index (χ0n) is 9.72. The van der Waals surface area contributed by atoms with Crippen molar-refractivity contribution in [3.8, 4) is 0 Å². The van der Waals surface area contributed by atoms with E-state index in [0.29, 0.717) is 5.70 Å². The molecule has 0 heterocycles. The lowest BCUT2D eigenvalue weighted by Gasteiger charge is -2.30. The molecule has 1 aliphatic carbocycles. The quantitative estimate of drug-likeness (QED) is 0.627. The SMILES string of the molecule is CC1=C([NH+]([O-])[NH+](C)[NH-])C=CC(C)(C)C=C1. The maximum absolute atomic E-state index is 11.7. The highest BCUT2D eigenvalue weighted by molar-refractivity contribution is 5.32. The number of hydroxylamine groups is 1. The van der Waals surface area contributed by atoms with Crippen LogP contribution in [0.15, 0.2) is 35.6 Å². The average molecular weight is 209 g/mol. The Kier molecular flexibility index (Phi) is 3.46. The van der Waals surface area contributed by atoms with E-state index in [0.717, 1.165) is 5.57 Å². The Labute approximate surface area is 90.9 Å². The smallest absolute Gasteiger partial charge is 0.181 e. The van der Waals surface area contributed by atoms with Gasteiger partial charge in [0.15, 0.2) is 5.70 Å². The Morgan fingerprint density at radius 1 is 1.27 bits per heavy atom. The van der Waals surface area contributed by atoms with Crippen molar-refractivity contribution < 1.29 is 10.3 Å². The molecule has 1 rings (SSSR count). The summed E-state index contributed by atoms with van der Waals surface area (Å²) in [5, 5.41) is 11.6. The number of hydrogen-bond acceptors (Lipinski definition) is 1. The van der Waals surface area contributed by atoms with Crippen LogP contribution < -0.4 is 10.3 Å². The summed E-state index contributed by atoms with van der Waals surface area (Å²) in [4.78, 5) is 0. The van der Waals surface area contributed by atoms with Gasteiger partial charge in [0.05, 0.1) is 0 Å². The molecular weight excluding hydrogens is 190 g/mol. The minimum Gasteiger partial charge on any atom is -0.579 e. The van der Waals surface area contributed by atoms with Crippen molar-refractivity contribution in [2.24, 2.45) is 5.41 Å². The normalized spacial score (nSPS) is 23.9. The van der Waals surface area contributed by atoms with Crippen LogP contribution in [0, 0.1) is 10.6 Å². The summed E-state index contributed by atoms with van der Waals surface area (Å²) in [6.07, 6.45) is 7.85. The fourth-order valence-corrected chi connectivity index (χ4v) is 1.37. The standard InChI is InChI=1S/C11H19N3O/c1-9-5-7-11(2,3)8-6-10(9)14(15)13(4)12/h5-8,12-14H,1-4H3. The molecule has 2 unspecified atom stereocenters. The second kappa shape index (κ2) is 4.28. The fourth-order valence-electron chi connectivity index (χ4n) is 1.37. The van der Waals surface area contributed by atoms with Gasteiger partial charge in [-0.1, -0.05) is 32.1 Å². The highest BCUT2D eigenvalue weighted by atomic mass is 16.6. The van der Waals surface area contributed by atoms with Crippen LogP contribution in [0.5, 0.6) is 0 Å². The molecule has 0 fully saturated rings. The predicted molar refractivity (Wildman–Crippen MR) is 60.3 cm³/mol. The van der Waals surface area contributed by atoms with Crippen molar-refractivity contribution in [2.75, 3.05) is 7.05 Å². The number of quaternary nitrogens is 2. The molecule has 0 saturated heterocycles. The molecule has 1 aliphatic rings. The first-order chi connectivity index (χ1) is 6.83. The topological polar surface area (TPSA) is 55.7 Å². The second-order valence-corrected chi connectivity index (χ2v) is 4.54. The lowest BCUT2D eigenvalue weighted by atomic mass is 9.93. The van der Waals surface area contributed by atoms with Crippen LogP contribution in [0.1, 0.15) is 20.8 Å². The molecule has 4 heteroatoms. The van der Waals surface area contributed by atoms with E-state index in [1.165, 1.54) is 7.05 Å². The van der Waals surface area contributed by atoms with Crippen molar-refractivity contribution >= 4 is 0 Å². The summed E-state index contributed by atoms with van der Waals surface area (Å²) in [6, 6.07) is 0. The Morgan fingerprint density at radius 2 is 1.80 bits per heavy atom. The highest BCUT2D eigenvalue weighted by Crippen LogP contribution is 2.23. The van der Waals surface area contributed by atoms with Gasteiger partial charge in [0.25, 0.3) is 0 Å². The van der Waals surface area contributed by atoms with Crippen LogP contribution in [0.4, 0.5) is 0 Å². The van der Waals surface area contributed by atoms with Gasteiger partial charge in [-0.05, 0) is 6.92 Å². The van der Waals surface area contributed by atoms with E-state index < -0.39 is 0 Å². The van der Waals surface area contributed by atoms with E-state index in [1.807, 2.05) is 25.2 Å². The second-order valence-electron chi connectivity index (χ2n) is 4.54. The summed E-state index contributed by atoms with van der Waals surface area (Å²) in [5.74, 6) is 7.36. The van der Waals surface area contributed by atoms with Crippen molar-refractivity contribution in [2.45, 2.75) is 20.8 Å². The van der Waals surface area contributed by atoms with Gasteiger partial charge in [-0.25, -0.2) is 5.12 Å². The lowest BCUT2D eigenvalue weighted by molar-refractivity contribution is -1.44. The van der Waals surface area contributed by atoms with Crippen molar-refractivity contribution in [1.29, 1.82) is 0 Å². The predicted octanol–water partition coefficient (Wildman–Crippen LogP) is 0.192. The Balaban J connectivity index is 3.04. The zero-order chi connectivity index (χ0) is 11.6. The zero-order valence-corrected chi connectivity index (χ0v) is 9.72. The molecule has 0 aromatic carbocycles. The van der Waals surface area contributed by atoms with Crippen LogP contribution in [-0.2, 0) is 0 Å². The summed E-state index contributed by atoms with van der Waals surface area (Å²) in [6.45, 7) is 6.06. The van der Waals surface area contributed by atoms with Crippen LogP contribution in [-0.4, -0.2) is 7.05 Å². The molecule has 0 aliphatic heterocycles. The van der Waals surface area contributed by atoms with Crippen molar-refractivity contribution in [3.63, 3.8) is 0 Å². The van der Waals surface area contributed by atoms with E-state index in [4.69, 9.17) is 5.84 Å². The van der Waals surface area contributed by atoms with Gasteiger partial charge in [-0.15, -0.1) is 0 Å². The molecule has 3 N–H and O–H groups in total. The number of hydrogen-bond donors (Lipinski definition) is 2. The van der Waals surface area contributed by atoms with E-state index in [2.05, 4.69) is 19.9 Å². The molecule has 0 aromatic rings. The van der Waals surface area contributed by atoms with Gasteiger partial charge < -0.3 is 11.0 Å². The third-order valence-corrected chi connectivity index (χ3v) is 2.45. The molecule has 0 aromatic heterocycles. The number of allylic oxidation sites excluding steroid dienone is 5. The maximum atomic E-state index is 11.7. The number of nitrogens with one attached hydrogen (secondary N) is 3. The Hall–Kier alpha value is -0.940. The van der Waals surface area contributed by atoms with Crippen LogP contribution in [0.2, 0.25) is 0 Å². The molecule has 4 nitrogen and oxygen atoms in total. The first-order valence-corrected chi connectivity index (χ1v) is 5.03. The van der Waals surface area contributed by atoms with Gasteiger partial charge in [0.1, 0.15) is 7.05 Å². The largest absolute Gasteiger partial charge is 0.579 e. The van der Waals surface area contributed by atoms with E-state index in [9.17, 15) is 5.21 Å².